The molecule has 0 spiro atoms. The molecule has 4 aromatic carbocycles. The maximum atomic E-state index is 13.5. The number of halogens is 3. The number of nitrogens with one attached hydrogen (secondary N) is 2. The highest BCUT2D eigenvalue weighted by Gasteiger charge is 2.37. The molecule has 0 bridgehead atoms. The summed E-state index contributed by atoms with van der Waals surface area (Å²) in [5.74, 6) is -1.99. The minimum Gasteiger partial charge on any atom is -0.315 e. The highest BCUT2D eigenvalue weighted by atomic mass is 19.4. The van der Waals surface area contributed by atoms with Gasteiger partial charge in [-0.25, -0.2) is 4.98 Å². The molecule has 0 aliphatic carbocycles. The SMILES string of the molecule is O=C1c2cccc3cc(C(F)(F)F)cc(c23)C(=O)N1CCNCCCNCCN1C(=O)c2cccc3c(-n4ccnc4)ccc(c23)C1=O. The first-order chi connectivity index (χ1) is 23.1. The van der Waals surface area contributed by atoms with Crippen molar-refractivity contribution >= 4 is 45.2 Å². The Morgan fingerprint density at radius 2 is 1.27 bits per heavy atom. The predicted molar refractivity (Wildman–Crippen MR) is 171 cm³/mol. The van der Waals surface area contributed by atoms with Crippen LogP contribution in [-0.2, 0) is 6.18 Å². The number of benzene rings is 4. The second-order valence-corrected chi connectivity index (χ2v) is 11.6. The van der Waals surface area contributed by atoms with Crippen molar-refractivity contribution in [2.24, 2.45) is 0 Å². The van der Waals surface area contributed by atoms with Crippen LogP contribution in [-0.4, -0.2) is 82.2 Å². The van der Waals surface area contributed by atoms with Gasteiger partial charge in [0.1, 0.15) is 0 Å². The number of alkyl halides is 3. The van der Waals surface area contributed by atoms with E-state index in [0.29, 0.717) is 42.6 Å². The zero-order valence-corrected chi connectivity index (χ0v) is 25.5. The van der Waals surface area contributed by atoms with Crippen molar-refractivity contribution in [1.29, 1.82) is 0 Å². The zero-order chi connectivity index (χ0) is 33.6. The lowest BCUT2D eigenvalue weighted by Gasteiger charge is -2.28. The predicted octanol–water partition coefficient (Wildman–Crippen LogP) is 4.66. The standard InChI is InChI=1S/C35H29F3N6O4/c36-35(37,38)22-18-21-4-1-6-24-29(21)27(19-22)34(48)44(31(24)45)17-14-40-11-3-10-39-13-16-43-32(46)25-7-2-5-23-28(42-15-12-41-20-42)9-8-26(30(23)25)33(43)47/h1-2,4-9,12,15,18-20,39-40H,3,10-11,13-14,16-17H2. The monoisotopic (exact) mass is 654 g/mol. The van der Waals surface area contributed by atoms with Crippen molar-refractivity contribution in [2.45, 2.75) is 12.6 Å². The van der Waals surface area contributed by atoms with Gasteiger partial charge in [0.25, 0.3) is 23.6 Å². The number of hydrogen-bond donors (Lipinski definition) is 2. The van der Waals surface area contributed by atoms with E-state index in [4.69, 9.17) is 0 Å². The van der Waals surface area contributed by atoms with Crippen LogP contribution in [0.2, 0.25) is 0 Å². The van der Waals surface area contributed by atoms with Crippen molar-refractivity contribution in [3.63, 3.8) is 0 Å². The van der Waals surface area contributed by atoms with Gasteiger partial charge in [-0.1, -0.05) is 24.3 Å². The van der Waals surface area contributed by atoms with Crippen molar-refractivity contribution in [3.05, 3.63) is 107 Å². The Morgan fingerprint density at radius 1 is 0.667 bits per heavy atom. The second kappa shape index (κ2) is 12.3. The molecule has 0 atom stereocenters. The molecule has 0 saturated heterocycles. The topological polar surface area (TPSA) is 117 Å². The van der Waals surface area contributed by atoms with Gasteiger partial charge in [-0.05, 0) is 61.3 Å². The lowest BCUT2D eigenvalue weighted by molar-refractivity contribution is -0.137. The molecule has 1 aromatic heterocycles. The number of amides is 4. The number of carbonyl (C=O) groups excluding carboxylic acids is 4. The molecule has 4 amide bonds. The quantitative estimate of drug-likeness (QED) is 0.157. The molecule has 0 saturated carbocycles. The maximum Gasteiger partial charge on any atom is 0.416 e. The van der Waals surface area contributed by atoms with Crippen LogP contribution in [0.4, 0.5) is 13.2 Å². The largest absolute Gasteiger partial charge is 0.416 e. The van der Waals surface area contributed by atoms with Crippen LogP contribution in [0, 0.1) is 0 Å². The minimum absolute atomic E-state index is 0.00556. The Balaban J connectivity index is 0.892. The average molecular weight is 655 g/mol. The fraction of sp³-hybridized carbons (Fsp3) is 0.229. The van der Waals surface area contributed by atoms with Crippen LogP contribution in [0.1, 0.15) is 53.4 Å². The molecule has 0 unspecified atom stereocenters. The zero-order valence-electron chi connectivity index (χ0n) is 25.5. The lowest BCUT2D eigenvalue weighted by atomic mass is 9.92. The van der Waals surface area contributed by atoms with Crippen LogP contribution < -0.4 is 10.6 Å². The summed E-state index contributed by atoms with van der Waals surface area (Å²) in [6.07, 6.45) is 1.17. The minimum atomic E-state index is -4.63. The molecule has 0 fully saturated rings. The van der Waals surface area contributed by atoms with Gasteiger partial charge >= 0.3 is 6.18 Å². The van der Waals surface area contributed by atoms with Gasteiger partial charge in [-0.3, -0.25) is 29.0 Å². The molecule has 2 N–H and O–H groups in total. The summed E-state index contributed by atoms with van der Waals surface area (Å²) < 4.78 is 42.3. The molecular formula is C35H29F3N6O4. The van der Waals surface area contributed by atoms with Crippen LogP contribution in [0.5, 0.6) is 0 Å². The first-order valence-corrected chi connectivity index (χ1v) is 15.5. The molecule has 0 radical (unpaired) electrons. The Hall–Kier alpha value is -5.40. The van der Waals surface area contributed by atoms with E-state index in [-0.39, 0.29) is 53.3 Å². The van der Waals surface area contributed by atoms with E-state index in [1.807, 2.05) is 16.7 Å². The van der Waals surface area contributed by atoms with Gasteiger partial charge in [0.05, 0.1) is 17.6 Å². The molecule has 7 rings (SSSR count). The molecule has 244 valence electrons. The van der Waals surface area contributed by atoms with E-state index in [1.165, 1.54) is 23.1 Å². The molecule has 2 aliphatic rings. The average Bonchev–Trinajstić information content (AvgIpc) is 3.62. The number of aromatic nitrogens is 2. The van der Waals surface area contributed by atoms with E-state index < -0.39 is 23.6 Å². The third-order valence-corrected chi connectivity index (χ3v) is 8.74. The maximum absolute atomic E-state index is 13.5. The van der Waals surface area contributed by atoms with Crippen molar-refractivity contribution in [1.82, 2.24) is 30.0 Å². The first kappa shape index (κ1) is 31.2. The summed E-state index contributed by atoms with van der Waals surface area (Å²) in [4.78, 5) is 59.3. The number of imide groups is 2. The number of imidazole rings is 1. The molecule has 2 aliphatic heterocycles. The van der Waals surface area contributed by atoms with Crippen molar-refractivity contribution in [2.75, 3.05) is 39.3 Å². The lowest BCUT2D eigenvalue weighted by Crippen LogP contribution is -2.44. The smallest absolute Gasteiger partial charge is 0.315 e. The Kier molecular flexibility index (Phi) is 8.01. The third kappa shape index (κ3) is 5.40. The van der Waals surface area contributed by atoms with Crippen LogP contribution >= 0.6 is 0 Å². The highest BCUT2D eigenvalue weighted by molar-refractivity contribution is 6.27. The summed E-state index contributed by atoms with van der Waals surface area (Å²) in [5, 5.41) is 8.26. The Bertz CT molecular complexity index is 2090. The van der Waals surface area contributed by atoms with E-state index in [2.05, 4.69) is 15.6 Å². The molecule has 13 heteroatoms. The van der Waals surface area contributed by atoms with Gasteiger partial charge in [0.2, 0.25) is 0 Å². The molecule has 48 heavy (non-hydrogen) atoms. The van der Waals surface area contributed by atoms with E-state index in [1.54, 1.807) is 36.9 Å². The van der Waals surface area contributed by atoms with E-state index in [9.17, 15) is 32.3 Å². The summed E-state index contributed by atoms with van der Waals surface area (Å²) in [6.45, 7) is 1.93. The van der Waals surface area contributed by atoms with Gasteiger partial charge in [-0.2, -0.15) is 13.2 Å². The van der Waals surface area contributed by atoms with Crippen LogP contribution in [0.25, 0.3) is 27.2 Å². The van der Waals surface area contributed by atoms with Gasteiger partial charge < -0.3 is 15.2 Å². The number of nitrogens with zero attached hydrogens (tertiary/aromatic N) is 4. The molecule has 3 heterocycles. The van der Waals surface area contributed by atoms with Crippen LogP contribution in [0.15, 0.2) is 79.4 Å². The summed E-state index contributed by atoms with van der Waals surface area (Å²) in [7, 11) is 0. The normalized spacial score (nSPS) is 14.6. The Morgan fingerprint density at radius 3 is 1.90 bits per heavy atom. The second-order valence-electron chi connectivity index (χ2n) is 11.6. The van der Waals surface area contributed by atoms with Gasteiger partial charge in [-0.15, -0.1) is 0 Å². The van der Waals surface area contributed by atoms with Gasteiger partial charge in [0, 0.05) is 77.0 Å². The van der Waals surface area contributed by atoms with Gasteiger partial charge in [0.15, 0.2) is 0 Å². The fourth-order valence-electron chi connectivity index (χ4n) is 6.46. The molecule has 10 nitrogen and oxygen atoms in total. The highest BCUT2D eigenvalue weighted by Crippen LogP contribution is 2.37. The molecular weight excluding hydrogens is 625 g/mol. The summed E-state index contributed by atoms with van der Waals surface area (Å²) in [5.41, 5.74) is 0.898. The number of rotatable bonds is 11. The summed E-state index contributed by atoms with van der Waals surface area (Å²) in [6, 6.07) is 15.3. The van der Waals surface area contributed by atoms with Crippen molar-refractivity contribution < 1.29 is 32.3 Å². The Labute approximate surface area is 272 Å². The first-order valence-electron chi connectivity index (χ1n) is 15.5. The molecule has 5 aromatic rings. The number of carbonyl (C=O) groups is 4. The number of hydrogen-bond acceptors (Lipinski definition) is 7. The summed E-state index contributed by atoms with van der Waals surface area (Å²) >= 11 is 0. The third-order valence-electron chi connectivity index (χ3n) is 8.74. The van der Waals surface area contributed by atoms with Crippen LogP contribution in [0.3, 0.4) is 0 Å². The van der Waals surface area contributed by atoms with Crippen molar-refractivity contribution in [3.8, 4) is 5.69 Å². The fourth-order valence-corrected chi connectivity index (χ4v) is 6.46. The van der Waals surface area contributed by atoms with E-state index >= 15 is 0 Å². The van der Waals surface area contributed by atoms with E-state index in [0.717, 1.165) is 28.1 Å².